The van der Waals surface area contributed by atoms with Gasteiger partial charge in [-0.15, -0.1) is 0 Å². The normalized spacial score (nSPS) is 12.5. The molecule has 0 fully saturated rings. The van der Waals surface area contributed by atoms with E-state index in [9.17, 15) is 17.9 Å². The van der Waals surface area contributed by atoms with Crippen LogP contribution in [0.1, 0.15) is 20.8 Å². The number of aromatic hydroxyl groups is 1. The van der Waals surface area contributed by atoms with Crippen LogP contribution in [0.3, 0.4) is 0 Å². The molecule has 96 valence electrons. The van der Waals surface area contributed by atoms with Gasteiger partial charge in [-0.2, -0.15) is 0 Å². The molecule has 0 radical (unpaired) electrons. The minimum absolute atomic E-state index is 0.115. The third kappa shape index (κ3) is 4.60. The van der Waals surface area contributed by atoms with E-state index in [0.717, 1.165) is 18.2 Å². The van der Waals surface area contributed by atoms with Crippen LogP contribution in [-0.4, -0.2) is 19.3 Å². The average molecular weight is 261 g/mol. The van der Waals surface area contributed by atoms with Gasteiger partial charge in [-0.3, -0.25) is 4.72 Å². The van der Waals surface area contributed by atoms with E-state index >= 15 is 0 Å². The molecule has 0 saturated carbocycles. The number of phenols is 1. The fourth-order valence-electron chi connectivity index (χ4n) is 1.36. The van der Waals surface area contributed by atoms with Crippen LogP contribution in [0.4, 0.5) is 10.1 Å². The summed E-state index contributed by atoms with van der Waals surface area (Å²) in [6.07, 6.45) is 0. The maximum absolute atomic E-state index is 12.9. The number of benzene rings is 1. The predicted molar refractivity (Wildman–Crippen MR) is 64.9 cm³/mol. The van der Waals surface area contributed by atoms with Gasteiger partial charge in [-0.1, -0.05) is 20.8 Å². The molecular weight excluding hydrogens is 245 g/mol. The molecular formula is C11H16FNO3S. The van der Waals surface area contributed by atoms with Gasteiger partial charge in [0.25, 0.3) is 0 Å². The minimum Gasteiger partial charge on any atom is -0.506 e. The van der Waals surface area contributed by atoms with E-state index in [1.807, 2.05) is 0 Å². The summed E-state index contributed by atoms with van der Waals surface area (Å²) in [7, 11) is -3.61. The zero-order valence-corrected chi connectivity index (χ0v) is 10.8. The first-order chi connectivity index (χ1) is 7.59. The van der Waals surface area contributed by atoms with Crippen molar-refractivity contribution in [3.8, 4) is 5.75 Å². The van der Waals surface area contributed by atoms with Gasteiger partial charge in [0.1, 0.15) is 11.6 Å². The molecule has 17 heavy (non-hydrogen) atoms. The fourth-order valence-corrected chi connectivity index (χ4v) is 3.07. The highest BCUT2D eigenvalue weighted by Crippen LogP contribution is 2.26. The molecule has 0 aliphatic heterocycles. The van der Waals surface area contributed by atoms with Crippen molar-refractivity contribution in [1.29, 1.82) is 0 Å². The highest BCUT2D eigenvalue weighted by Gasteiger charge is 2.22. The second-order valence-electron chi connectivity index (χ2n) is 5.08. The van der Waals surface area contributed by atoms with Crippen molar-refractivity contribution < 1.29 is 17.9 Å². The van der Waals surface area contributed by atoms with E-state index in [1.54, 1.807) is 20.8 Å². The summed E-state index contributed by atoms with van der Waals surface area (Å²) in [6, 6.07) is 3.09. The number of anilines is 1. The molecule has 0 aromatic heterocycles. The summed E-state index contributed by atoms with van der Waals surface area (Å²) in [6.45, 7) is 5.33. The van der Waals surface area contributed by atoms with Crippen molar-refractivity contribution in [2.24, 2.45) is 5.41 Å². The van der Waals surface area contributed by atoms with E-state index in [0.29, 0.717) is 0 Å². The van der Waals surface area contributed by atoms with Crippen molar-refractivity contribution in [3.63, 3.8) is 0 Å². The molecule has 2 N–H and O–H groups in total. The molecule has 0 aliphatic rings. The van der Waals surface area contributed by atoms with Gasteiger partial charge < -0.3 is 5.11 Å². The molecule has 0 spiro atoms. The lowest BCUT2D eigenvalue weighted by Gasteiger charge is -2.19. The molecule has 1 aromatic carbocycles. The Bertz CT molecular complexity index is 506. The summed E-state index contributed by atoms with van der Waals surface area (Å²) >= 11 is 0. The second-order valence-corrected chi connectivity index (χ2v) is 6.81. The lowest BCUT2D eigenvalue weighted by atomic mass is 10.0. The van der Waals surface area contributed by atoms with Crippen LogP contribution >= 0.6 is 0 Å². The molecule has 0 heterocycles. The van der Waals surface area contributed by atoms with Crippen LogP contribution < -0.4 is 4.72 Å². The molecule has 0 atom stereocenters. The first-order valence-corrected chi connectivity index (χ1v) is 6.73. The topological polar surface area (TPSA) is 66.4 Å². The smallest absolute Gasteiger partial charge is 0.233 e. The van der Waals surface area contributed by atoms with Crippen molar-refractivity contribution in [2.75, 3.05) is 10.5 Å². The van der Waals surface area contributed by atoms with Crippen LogP contribution in [0.15, 0.2) is 18.2 Å². The maximum atomic E-state index is 12.9. The molecule has 4 nitrogen and oxygen atoms in total. The molecule has 1 rings (SSSR count). The van der Waals surface area contributed by atoms with Gasteiger partial charge in [-0.05, 0) is 17.5 Å². The van der Waals surface area contributed by atoms with Crippen LogP contribution in [0, 0.1) is 11.2 Å². The van der Waals surface area contributed by atoms with Gasteiger partial charge in [0.05, 0.1) is 11.4 Å². The largest absolute Gasteiger partial charge is 0.506 e. The van der Waals surface area contributed by atoms with Crippen molar-refractivity contribution in [2.45, 2.75) is 20.8 Å². The Morgan fingerprint density at radius 3 is 2.47 bits per heavy atom. The van der Waals surface area contributed by atoms with E-state index in [2.05, 4.69) is 4.72 Å². The minimum atomic E-state index is -3.61. The van der Waals surface area contributed by atoms with Gasteiger partial charge in [0.15, 0.2) is 0 Å². The number of nitrogens with one attached hydrogen (secondary N) is 1. The van der Waals surface area contributed by atoms with Gasteiger partial charge in [0, 0.05) is 6.07 Å². The van der Waals surface area contributed by atoms with Gasteiger partial charge in [-0.25, -0.2) is 12.8 Å². The van der Waals surface area contributed by atoms with Gasteiger partial charge in [0.2, 0.25) is 10.0 Å². The van der Waals surface area contributed by atoms with E-state index < -0.39 is 21.3 Å². The highest BCUT2D eigenvalue weighted by atomic mass is 32.2. The number of hydrogen-bond donors (Lipinski definition) is 2. The molecule has 0 aliphatic carbocycles. The summed E-state index contributed by atoms with van der Waals surface area (Å²) in [5.74, 6) is -1.03. The Labute approximate surface area is 101 Å². The standard InChI is InChI=1S/C11H16FNO3S/c1-11(2,3)7-17(15,16)13-9-6-8(12)4-5-10(9)14/h4-6,13-14H,7H2,1-3H3. The zero-order chi connectivity index (χ0) is 13.3. The summed E-state index contributed by atoms with van der Waals surface area (Å²) < 4.78 is 38.5. The van der Waals surface area contributed by atoms with Crippen LogP contribution in [0.2, 0.25) is 0 Å². The highest BCUT2D eigenvalue weighted by molar-refractivity contribution is 7.92. The Balaban J connectivity index is 2.94. The van der Waals surface area contributed by atoms with E-state index in [-0.39, 0.29) is 17.2 Å². The summed E-state index contributed by atoms with van der Waals surface area (Å²) in [4.78, 5) is 0. The van der Waals surface area contributed by atoms with Crippen LogP contribution in [0.25, 0.3) is 0 Å². The summed E-state index contributed by atoms with van der Waals surface area (Å²) in [5, 5.41) is 9.40. The van der Waals surface area contributed by atoms with Crippen molar-refractivity contribution in [1.82, 2.24) is 0 Å². The van der Waals surface area contributed by atoms with E-state index in [4.69, 9.17) is 0 Å². The summed E-state index contributed by atoms with van der Waals surface area (Å²) in [5.41, 5.74) is -0.566. The molecule has 0 bridgehead atoms. The number of rotatable bonds is 3. The molecule has 0 unspecified atom stereocenters. The second kappa shape index (κ2) is 4.52. The number of phenolic OH excluding ortho intramolecular Hbond substituents is 1. The Kier molecular flexibility index (Phi) is 3.66. The maximum Gasteiger partial charge on any atom is 0.233 e. The predicted octanol–water partition coefficient (Wildman–Crippen LogP) is 2.32. The molecule has 0 saturated heterocycles. The fraction of sp³-hybridized carbons (Fsp3) is 0.455. The Hall–Kier alpha value is -1.30. The number of halogens is 1. The number of hydrogen-bond acceptors (Lipinski definition) is 3. The van der Waals surface area contributed by atoms with Gasteiger partial charge >= 0.3 is 0 Å². The van der Waals surface area contributed by atoms with Crippen LogP contribution in [0.5, 0.6) is 5.75 Å². The quantitative estimate of drug-likeness (QED) is 0.821. The van der Waals surface area contributed by atoms with E-state index in [1.165, 1.54) is 0 Å². The lowest BCUT2D eigenvalue weighted by Crippen LogP contribution is -2.26. The molecule has 0 amide bonds. The third-order valence-corrected chi connectivity index (χ3v) is 3.62. The third-order valence-electron chi connectivity index (χ3n) is 1.85. The monoisotopic (exact) mass is 261 g/mol. The lowest BCUT2D eigenvalue weighted by molar-refractivity contribution is 0.462. The first-order valence-electron chi connectivity index (χ1n) is 5.08. The molecule has 6 heteroatoms. The van der Waals surface area contributed by atoms with Crippen LogP contribution in [-0.2, 0) is 10.0 Å². The molecule has 1 aromatic rings. The number of sulfonamides is 1. The zero-order valence-electron chi connectivity index (χ0n) is 9.99. The van der Waals surface area contributed by atoms with Crippen molar-refractivity contribution >= 4 is 15.7 Å². The average Bonchev–Trinajstić information content (AvgIpc) is 2.06. The van der Waals surface area contributed by atoms with Crippen molar-refractivity contribution in [3.05, 3.63) is 24.0 Å². The Morgan fingerprint density at radius 1 is 1.35 bits per heavy atom. The first kappa shape index (κ1) is 13.8. The Morgan fingerprint density at radius 2 is 1.94 bits per heavy atom. The SMILES string of the molecule is CC(C)(C)CS(=O)(=O)Nc1cc(F)ccc1O.